The van der Waals surface area contributed by atoms with Gasteiger partial charge in [-0.1, -0.05) is 12.1 Å². The van der Waals surface area contributed by atoms with E-state index in [9.17, 15) is 9.90 Å². The number of benzene rings is 2. The molecule has 1 aliphatic rings. The lowest BCUT2D eigenvalue weighted by molar-refractivity contribution is 0.319. The number of aliphatic imine (C=N–C) groups is 1. The molecule has 5 nitrogen and oxygen atoms in total. The number of amidine groups is 1. The van der Waals surface area contributed by atoms with Gasteiger partial charge in [-0.15, -0.1) is 0 Å². The maximum Gasteiger partial charge on any atom is 0.346 e. The number of hydrogen-bond donors (Lipinski definition) is 1. The standard InChI is InChI=1S/C14H8N2O3/c1-6-15-10-5-9-11-7(12(10)16-6)3-2-4-8(11)13(17)19-14(9)18/h2-5,18H,1H3. The molecule has 0 atom stereocenters. The van der Waals surface area contributed by atoms with Gasteiger partial charge in [0.15, 0.2) is 0 Å². The third-order valence-corrected chi connectivity index (χ3v) is 3.31. The van der Waals surface area contributed by atoms with Crippen molar-refractivity contribution in [3.8, 4) is 5.95 Å². The van der Waals surface area contributed by atoms with Crippen LogP contribution in [0.15, 0.2) is 43.5 Å². The Labute approximate surface area is 106 Å². The summed E-state index contributed by atoms with van der Waals surface area (Å²) >= 11 is 0. The lowest BCUT2D eigenvalue weighted by Gasteiger charge is -2.05. The normalized spacial score (nSPS) is 13.6. The van der Waals surface area contributed by atoms with Crippen LogP contribution in [0.2, 0.25) is 0 Å². The van der Waals surface area contributed by atoms with Crippen LogP contribution in [0.5, 0.6) is 5.95 Å². The van der Waals surface area contributed by atoms with Gasteiger partial charge in [0.25, 0.3) is 5.95 Å². The zero-order valence-corrected chi connectivity index (χ0v) is 9.97. The number of fused-ring (bicyclic) bond motifs is 2. The molecule has 0 spiro atoms. The Kier molecular flexibility index (Phi) is 1.73. The second-order valence-electron chi connectivity index (χ2n) is 4.49. The van der Waals surface area contributed by atoms with Gasteiger partial charge in [-0.3, -0.25) is 0 Å². The van der Waals surface area contributed by atoms with Gasteiger partial charge < -0.3 is 9.52 Å². The summed E-state index contributed by atoms with van der Waals surface area (Å²) < 4.78 is 4.84. The SMILES string of the molecule is CC1=Nc2cc3c(O)oc(=O)c4cccc(c2=N1)c34. The third-order valence-electron chi connectivity index (χ3n) is 3.31. The highest BCUT2D eigenvalue weighted by molar-refractivity contribution is 6.13. The van der Waals surface area contributed by atoms with Crippen molar-refractivity contribution in [2.75, 3.05) is 0 Å². The highest BCUT2D eigenvalue weighted by atomic mass is 16.5. The Morgan fingerprint density at radius 1 is 1.16 bits per heavy atom. The van der Waals surface area contributed by atoms with Crippen LogP contribution < -0.4 is 11.0 Å². The molecule has 0 radical (unpaired) electrons. The fourth-order valence-corrected chi connectivity index (χ4v) is 2.56. The molecule has 3 aromatic rings. The first-order valence-corrected chi connectivity index (χ1v) is 5.80. The molecule has 2 aromatic carbocycles. The van der Waals surface area contributed by atoms with Crippen LogP contribution in [0.25, 0.3) is 21.5 Å². The van der Waals surface area contributed by atoms with Gasteiger partial charge in [0.05, 0.1) is 21.8 Å². The molecule has 0 bridgehead atoms. The number of aromatic hydroxyl groups is 1. The lowest BCUT2D eigenvalue weighted by atomic mass is 10.0. The lowest BCUT2D eigenvalue weighted by Crippen LogP contribution is -2.06. The van der Waals surface area contributed by atoms with E-state index in [1.807, 2.05) is 6.07 Å². The molecule has 2 heterocycles. The highest BCUT2D eigenvalue weighted by Gasteiger charge is 2.17. The molecule has 0 saturated heterocycles. The molecule has 0 fully saturated rings. The van der Waals surface area contributed by atoms with Gasteiger partial charge in [0, 0.05) is 10.8 Å². The smallest absolute Gasteiger partial charge is 0.346 e. The second-order valence-corrected chi connectivity index (χ2v) is 4.49. The quantitative estimate of drug-likeness (QED) is 0.665. The van der Waals surface area contributed by atoms with E-state index in [0.717, 1.165) is 10.7 Å². The summed E-state index contributed by atoms with van der Waals surface area (Å²) in [7, 11) is 0. The van der Waals surface area contributed by atoms with E-state index in [2.05, 4.69) is 9.98 Å². The third kappa shape index (κ3) is 1.21. The molecule has 0 amide bonds. The Hall–Kier alpha value is -2.69. The molecular weight excluding hydrogens is 244 g/mol. The molecule has 92 valence electrons. The minimum atomic E-state index is -0.550. The zero-order chi connectivity index (χ0) is 13.1. The summed E-state index contributed by atoms with van der Waals surface area (Å²) in [6, 6.07) is 7.01. The van der Waals surface area contributed by atoms with Gasteiger partial charge in [0.1, 0.15) is 5.84 Å². The molecule has 4 rings (SSSR count). The monoisotopic (exact) mass is 252 g/mol. The molecule has 0 aliphatic carbocycles. The molecule has 0 unspecified atom stereocenters. The Balaban J connectivity index is 2.42. The van der Waals surface area contributed by atoms with E-state index in [4.69, 9.17) is 4.42 Å². The molecule has 1 aromatic heterocycles. The van der Waals surface area contributed by atoms with Crippen molar-refractivity contribution in [1.29, 1.82) is 0 Å². The van der Waals surface area contributed by atoms with Crippen LogP contribution in [0.3, 0.4) is 0 Å². The van der Waals surface area contributed by atoms with Gasteiger partial charge in [0.2, 0.25) is 0 Å². The summed E-state index contributed by atoms with van der Waals surface area (Å²) in [4.78, 5) is 20.5. The summed E-state index contributed by atoms with van der Waals surface area (Å²) in [5, 5.41) is 13.0. The van der Waals surface area contributed by atoms with Crippen molar-refractivity contribution in [3.63, 3.8) is 0 Å². The first kappa shape index (κ1) is 10.3. The average Bonchev–Trinajstić information content (AvgIpc) is 2.76. The minimum absolute atomic E-state index is 0.378. The molecular formula is C14H8N2O3. The molecule has 1 N–H and O–H groups in total. The van der Waals surface area contributed by atoms with Crippen molar-refractivity contribution in [2.45, 2.75) is 6.92 Å². The molecule has 1 aliphatic heterocycles. The zero-order valence-electron chi connectivity index (χ0n) is 9.97. The van der Waals surface area contributed by atoms with Crippen molar-refractivity contribution in [3.05, 3.63) is 40.0 Å². The summed E-state index contributed by atoms with van der Waals surface area (Å²) in [6.45, 7) is 1.81. The number of hydrogen-bond acceptors (Lipinski definition) is 5. The first-order chi connectivity index (χ1) is 9.15. The minimum Gasteiger partial charge on any atom is -0.480 e. The van der Waals surface area contributed by atoms with E-state index in [1.165, 1.54) is 0 Å². The second kappa shape index (κ2) is 3.20. The van der Waals surface area contributed by atoms with E-state index in [-0.39, 0.29) is 5.95 Å². The van der Waals surface area contributed by atoms with Crippen LogP contribution in [0.4, 0.5) is 5.69 Å². The van der Waals surface area contributed by atoms with Crippen molar-refractivity contribution < 1.29 is 9.52 Å². The Bertz CT molecular complexity index is 999. The maximum absolute atomic E-state index is 11.8. The molecule has 5 heteroatoms. The van der Waals surface area contributed by atoms with E-state index >= 15 is 0 Å². The van der Waals surface area contributed by atoms with Crippen molar-refractivity contribution in [1.82, 2.24) is 0 Å². The van der Waals surface area contributed by atoms with Gasteiger partial charge in [-0.25, -0.2) is 14.8 Å². The van der Waals surface area contributed by atoms with E-state index < -0.39 is 5.63 Å². The molecule has 19 heavy (non-hydrogen) atoms. The number of rotatable bonds is 0. The van der Waals surface area contributed by atoms with Gasteiger partial charge >= 0.3 is 5.63 Å². The summed E-state index contributed by atoms with van der Waals surface area (Å²) in [5.74, 6) is 0.279. The number of nitrogens with zero attached hydrogens (tertiary/aromatic N) is 2. The summed E-state index contributed by atoms with van der Waals surface area (Å²) in [5.41, 5.74) is 0.132. The van der Waals surface area contributed by atoms with E-state index in [1.54, 1.807) is 25.1 Å². The average molecular weight is 252 g/mol. The van der Waals surface area contributed by atoms with Gasteiger partial charge in [-0.2, -0.15) is 0 Å². The fraction of sp³-hybridized carbons (Fsp3) is 0.0714. The van der Waals surface area contributed by atoms with Crippen LogP contribution in [0.1, 0.15) is 6.92 Å². The van der Waals surface area contributed by atoms with Crippen LogP contribution in [-0.2, 0) is 0 Å². The predicted octanol–water partition coefficient (Wildman–Crippen LogP) is 2.05. The van der Waals surface area contributed by atoms with Crippen molar-refractivity contribution in [2.24, 2.45) is 9.98 Å². The largest absolute Gasteiger partial charge is 0.480 e. The van der Waals surface area contributed by atoms with Gasteiger partial charge in [-0.05, 0) is 19.1 Å². The van der Waals surface area contributed by atoms with Crippen LogP contribution in [0, 0.1) is 0 Å². The Morgan fingerprint density at radius 2 is 1.95 bits per heavy atom. The summed E-state index contributed by atoms with van der Waals surface area (Å²) in [6.07, 6.45) is 0. The molecule has 0 saturated carbocycles. The maximum atomic E-state index is 11.8. The Morgan fingerprint density at radius 3 is 2.79 bits per heavy atom. The van der Waals surface area contributed by atoms with Crippen molar-refractivity contribution >= 4 is 33.1 Å². The highest BCUT2D eigenvalue weighted by Crippen LogP contribution is 2.32. The topological polar surface area (TPSA) is 75.2 Å². The van der Waals surface area contributed by atoms with Crippen LogP contribution >= 0.6 is 0 Å². The van der Waals surface area contributed by atoms with E-state index in [0.29, 0.717) is 27.7 Å². The van der Waals surface area contributed by atoms with Crippen LogP contribution in [-0.4, -0.2) is 10.9 Å². The first-order valence-electron chi connectivity index (χ1n) is 5.80. The predicted molar refractivity (Wildman–Crippen MR) is 71.2 cm³/mol. The fourth-order valence-electron chi connectivity index (χ4n) is 2.56.